The molecule has 4 aromatic rings. The van der Waals surface area contributed by atoms with Gasteiger partial charge in [-0.15, -0.1) is 0 Å². The molecule has 0 bridgehead atoms. The van der Waals surface area contributed by atoms with E-state index < -0.39 is 11.2 Å². The Kier molecular flexibility index (Phi) is 4.64. The molecule has 142 valence electrons. The molecule has 2 heterocycles. The summed E-state index contributed by atoms with van der Waals surface area (Å²) < 4.78 is 10.8. The number of imidazole rings is 1. The van der Waals surface area contributed by atoms with Gasteiger partial charge in [-0.25, -0.2) is 9.78 Å². The van der Waals surface area contributed by atoms with Crippen molar-refractivity contribution in [2.45, 2.75) is 6.54 Å². The van der Waals surface area contributed by atoms with Crippen LogP contribution in [0.15, 0.2) is 68.9 Å². The number of hydrogen-bond acceptors (Lipinski definition) is 4. The highest BCUT2D eigenvalue weighted by molar-refractivity contribution is 9.10. The molecule has 0 amide bonds. The van der Waals surface area contributed by atoms with Crippen LogP contribution in [0.25, 0.3) is 11.2 Å². The van der Waals surface area contributed by atoms with Gasteiger partial charge in [0, 0.05) is 19.7 Å². The summed E-state index contributed by atoms with van der Waals surface area (Å²) in [4.78, 5) is 29.2. The first-order chi connectivity index (χ1) is 13.5. The quantitative estimate of drug-likeness (QED) is 0.457. The first kappa shape index (κ1) is 18.2. The second-order valence-electron chi connectivity index (χ2n) is 6.37. The van der Waals surface area contributed by atoms with E-state index in [1.807, 2.05) is 54.6 Å². The molecule has 0 atom stereocenters. The number of fused-ring (bicyclic) bond motifs is 1. The largest absolute Gasteiger partial charge is 0.457 e. The fourth-order valence-electron chi connectivity index (χ4n) is 3.12. The van der Waals surface area contributed by atoms with Gasteiger partial charge in [-0.2, -0.15) is 0 Å². The maximum absolute atomic E-state index is 12.5. The molecule has 0 radical (unpaired) electrons. The fourth-order valence-corrected chi connectivity index (χ4v) is 3.59. The average molecular weight is 441 g/mol. The molecular formula is C20H17BrN4O3. The SMILES string of the molecule is Cn1c(=O)c2nc(Br)n(Cc3ccccc3Oc3ccccc3)c2n(C)c1=O. The number of ether oxygens (including phenoxy) is 1. The Labute approximate surface area is 168 Å². The van der Waals surface area contributed by atoms with Gasteiger partial charge < -0.3 is 4.74 Å². The predicted molar refractivity (Wildman–Crippen MR) is 110 cm³/mol. The number of halogens is 1. The van der Waals surface area contributed by atoms with E-state index in [0.717, 1.165) is 15.9 Å². The topological polar surface area (TPSA) is 71.0 Å². The fraction of sp³-hybridized carbons (Fsp3) is 0.150. The molecule has 4 rings (SSSR count). The van der Waals surface area contributed by atoms with Crippen LogP contribution in [0.2, 0.25) is 0 Å². The summed E-state index contributed by atoms with van der Waals surface area (Å²) in [5, 5.41) is 0. The number of nitrogens with zero attached hydrogens (tertiary/aromatic N) is 4. The van der Waals surface area contributed by atoms with Gasteiger partial charge in [0.15, 0.2) is 15.9 Å². The zero-order valence-corrected chi connectivity index (χ0v) is 16.9. The van der Waals surface area contributed by atoms with Gasteiger partial charge in [0.05, 0.1) is 6.54 Å². The minimum Gasteiger partial charge on any atom is -0.457 e. The first-order valence-electron chi connectivity index (χ1n) is 8.60. The van der Waals surface area contributed by atoms with Crippen molar-refractivity contribution >= 4 is 27.1 Å². The van der Waals surface area contributed by atoms with E-state index in [-0.39, 0.29) is 5.52 Å². The normalized spacial score (nSPS) is 11.1. The lowest BCUT2D eigenvalue weighted by atomic mass is 10.2. The van der Waals surface area contributed by atoms with E-state index in [4.69, 9.17) is 4.74 Å². The molecule has 2 aromatic carbocycles. The van der Waals surface area contributed by atoms with Crippen LogP contribution in [0.3, 0.4) is 0 Å². The third kappa shape index (κ3) is 3.05. The lowest BCUT2D eigenvalue weighted by Crippen LogP contribution is -2.37. The molecule has 0 unspecified atom stereocenters. The van der Waals surface area contributed by atoms with Crippen molar-refractivity contribution in [3.8, 4) is 11.5 Å². The summed E-state index contributed by atoms with van der Waals surface area (Å²) in [6, 6.07) is 17.1. The Morgan fingerprint density at radius 2 is 1.64 bits per heavy atom. The van der Waals surface area contributed by atoms with Crippen LogP contribution < -0.4 is 16.0 Å². The van der Waals surface area contributed by atoms with Gasteiger partial charge >= 0.3 is 5.69 Å². The minimum atomic E-state index is -0.425. The Balaban J connectivity index is 1.83. The molecular weight excluding hydrogens is 424 g/mol. The highest BCUT2D eigenvalue weighted by Crippen LogP contribution is 2.27. The molecule has 0 saturated heterocycles. The molecule has 0 N–H and O–H groups in total. The molecule has 28 heavy (non-hydrogen) atoms. The number of aromatic nitrogens is 4. The molecule has 8 heteroatoms. The third-order valence-corrected chi connectivity index (χ3v) is 5.17. The van der Waals surface area contributed by atoms with Gasteiger partial charge in [-0.3, -0.25) is 18.5 Å². The Morgan fingerprint density at radius 1 is 0.964 bits per heavy atom. The van der Waals surface area contributed by atoms with Crippen molar-refractivity contribution < 1.29 is 4.74 Å². The number of benzene rings is 2. The second-order valence-corrected chi connectivity index (χ2v) is 7.08. The highest BCUT2D eigenvalue weighted by Gasteiger charge is 2.19. The first-order valence-corrected chi connectivity index (χ1v) is 9.39. The number of rotatable bonds is 4. The summed E-state index contributed by atoms with van der Waals surface area (Å²) in [5.74, 6) is 1.42. The van der Waals surface area contributed by atoms with Gasteiger partial charge in [0.25, 0.3) is 5.56 Å². The van der Waals surface area contributed by atoms with Crippen molar-refractivity contribution in [3.05, 3.63) is 85.7 Å². The van der Waals surface area contributed by atoms with Crippen LogP contribution in [0.1, 0.15) is 5.56 Å². The molecule has 0 aliphatic rings. The van der Waals surface area contributed by atoms with E-state index in [0.29, 0.717) is 22.7 Å². The maximum atomic E-state index is 12.5. The lowest BCUT2D eigenvalue weighted by molar-refractivity contribution is 0.474. The Hall–Kier alpha value is -3.13. The number of para-hydroxylation sites is 2. The van der Waals surface area contributed by atoms with Crippen molar-refractivity contribution in [2.75, 3.05) is 0 Å². The van der Waals surface area contributed by atoms with E-state index in [9.17, 15) is 9.59 Å². The monoisotopic (exact) mass is 440 g/mol. The van der Waals surface area contributed by atoms with Crippen LogP contribution in [-0.2, 0) is 20.6 Å². The van der Waals surface area contributed by atoms with Crippen LogP contribution in [-0.4, -0.2) is 18.7 Å². The Morgan fingerprint density at radius 3 is 2.39 bits per heavy atom. The highest BCUT2D eigenvalue weighted by atomic mass is 79.9. The van der Waals surface area contributed by atoms with Crippen LogP contribution in [0.5, 0.6) is 11.5 Å². The van der Waals surface area contributed by atoms with Gasteiger partial charge in [0.2, 0.25) is 0 Å². The van der Waals surface area contributed by atoms with E-state index in [1.54, 1.807) is 11.6 Å². The van der Waals surface area contributed by atoms with Crippen molar-refractivity contribution in [2.24, 2.45) is 14.1 Å². The molecule has 0 aliphatic carbocycles. The molecule has 0 saturated carbocycles. The van der Waals surface area contributed by atoms with Crippen molar-refractivity contribution in [1.29, 1.82) is 0 Å². The van der Waals surface area contributed by atoms with Crippen LogP contribution in [0, 0.1) is 0 Å². The Bertz CT molecular complexity index is 1290. The van der Waals surface area contributed by atoms with E-state index in [1.165, 1.54) is 11.6 Å². The minimum absolute atomic E-state index is 0.234. The van der Waals surface area contributed by atoms with Crippen LogP contribution >= 0.6 is 15.9 Å². The summed E-state index contributed by atoms with van der Waals surface area (Å²) in [6.07, 6.45) is 0. The second kappa shape index (κ2) is 7.12. The average Bonchev–Trinajstić information content (AvgIpc) is 3.03. The number of aryl methyl sites for hydroxylation is 1. The van der Waals surface area contributed by atoms with Crippen LogP contribution in [0.4, 0.5) is 0 Å². The zero-order chi connectivity index (χ0) is 19.8. The maximum Gasteiger partial charge on any atom is 0.332 e. The standard InChI is InChI=1S/C20H17BrN4O3/c1-23-17-16(18(26)24(2)20(23)27)22-19(21)25(17)12-13-8-6-7-11-15(13)28-14-9-4-3-5-10-14/h3-11H,12H2,1-2H3. The summed E-state index contributed by atoms with van der Waals surface area (Å²) in [7, 11) is 3.07. The molecule has 0 fully saturated rings. The molecule has 0 aliphatic heterocycles. The molecule has 0 spiro atoms. The third-order valence-electron chi connectivity index (χ3n) is 4.57. The molecule has 2 aromatic heterocycles. The lowest BCUT2D eigenvalue weighted by Gasteiger charge is -2.14. The van der Waals surface area contributed by atoms with Crippen molar-refractivity contribution in [3.63, 3.8) is 0 Å². The number of hydrogen-bond donors (Lipinski definition) is 0. The summed E-state index contributed by atoms with van der Waals surface area (Å²) in [5.41, 5.74) is 0.748. The summed E-state index contributed by atoms with van der Waals surface area (Å²) >= 11 is 3.42. The van der Waals surface area contributed by atoms with E-state index >= 15 is 0 Å². The van der Waals surface area contributed by atoms with Gasteiger partial charge in [-0.1, -0.05) is 36.4 Å². The predicted octanol–water partition coefficient (Wildman–Crippen LogP) is 3.04. The summed E-state index contributed by atoms with van der Waals surface area (Å²) in [6.45, 7) is 0.376. The van der Waals surface area contributed by atoms with Gasteiger partial charge in [-0.05, 0) is 34.1 Å². The smallest absolute Gasteiger partial charge is 0.332 e. The van der Waals surface area contributed by atoms with E-state index in [2.05, 4.69) is 20.9 Å². The van der Waals surface area contributed by atoms with Crippen molar-refractivity contribution in [1.82, 2.24) is 18.7 Å². The zero-order valence-electron chi connectivity index (χ0n) is 15.3. The molecule has 7 nitrogen and oxygen atoms in total. The van der Waals surface area contributed by atoms with Gasteiger partial charge in [0.1, 0.15) is 11.5 Å².